The molecule has 0 radical (unpaired) electrons. The smallest absolute Gasteiger partial charge is 0.256 e. The third kappa shape index (κ3) is 4.05. The molecular weight excluding hydrogens is 490 g/mol. The molecule has 2 aliphatic rings. The van der Waals surface area contributed by atoms with Gasteiger partial charge in [0.15, 0.2) is 0 Å². The fourth-order valence-electron chi connectivity index (χ4n) is 3.72. The van der Waals surface area contributed by atoms with Gasteiger partial charge in [-0.2, -0.15) is 9.57 Å². The number of nitrogens with one attached hydrogen (secondary N) is 1. The fourth-order valence-corrected chi connectivity index (χ4v) is 7.31. The highest BCUT2D eigenvalue weighted by Crippen LogP contribution is 2.38. The molecule has 1 aliphatic heterocycles. The number of halogens is 1. The van der Waals surface area contributed by atoms with Crippen molar-refractivity contribution in [2.75, 3.05) is 31.6 Å². The highest BCUT2D eigenvalue weighted by Gasteiger charge is 2.29. The molecule has 1 aromatic carbocycles. The van der Waals surface area contributed by atoms with Crippen LogP contribution in [-0.4, -0.2) is 44.9 Å². The van der Waals surface area contributed by atoms with Crippen LogP contribution < -0.4 is 5.32 Å². The van der Waals surface area contributed by atoms with Gasteiger partial charge in [-0.25, -0.2) is 8.42 Å². The van der Waals surface area contributed by atoms with E-state index >= 15 is 0 Å². The highest BCUT2D eigenvalue weighted by molar-refractivity contribution is 9.10. The predicted octanol–water partition coefficient (Wildman–Crippen LogP) is 3.53. The van der Waals surface area contributed by atoms with Crippen LogP contribution in [0.5, 0.6) is 0 Å². The Morgan fingerprint density at radius 3 is 2.70 bits per heavy atom. The van der Waals surface area contributed by atoms with E-state index in [1.807, 2.05) is 0 Å². The second-order valence-corrected chi connectivity index (χ2v) is 11.0. The SMILES string of the molecule is N#Cc1c(NC(=O)c2ccc(Br)c(S(=O)(=O)N3CCOCC3)c2)sc2c1CCCC2. The second kappa shape index (κ2) is 8.77. The molecule has 1 N–H and O–H groups in total. The molecule has 30 heavy (non-hydrogen) atoms. The molecule has 7 nitrogen and oxygen atoms in total. The summed E-state index contributed by atoms with van der Waals surface area (Å²) in [5.41, 5.74) is 1.79. The quantitative estimate of drug-likeness (QED) is 0.679. The van der Waals surface area contributed by atoms with E-state index in [4.69, 9.17) is 4.74 Å². The maximum Gasteiger partial charge on any atom is 0.256 e. The number of fused-ring (bicyclic) bond motifs is 1. The first-order valence-corrected chi connectivity index (χ1v) is 12.7. The Balaban J connectivity index is 1.62. The Bertz CT molecular complexity index is 1130. The monoisotopic (exact) mass is 509 g/mol. The number of amides is 1. The minimum atomic E-state index is -3.76. The van der Waals surface area contributed by atoms with Gasteiger partial charge in [-0.1, -0.05) is 0 Å². The third-order valence-corrected chi connectivity index (χ3v) is 9.39. The summed E-state index contributed by atoms with van der Waals surface area (Å²) >= 11 is 4.74. The van der Waals surface area contributed by atoms with Crippen LogP contribution >= 0.6 is 27.3 Å². The topological polar surface area (TPSA) is 99.5 Å². The number of hydrogen-bond acceptors (Lipinski definition) is 6. The Morgan fingerprint density at radius 1 is 1.23 bits per heavy atom. The largest absolute Gasteiger partial charge is 0.379 e. The van der Waals surface area contributed by atoms with E-state index in [9.17, 15) is 18.5 Å². The molecule has 0 spiro atoms. The number of ether oxygens (including phenoxy) is 1. The number of nitrogens with zero attached hydrogens (tertiary/aromatic N) is 2. The Kier molecular flexibility index (Phi) is 6.27. The van der Waals surface area contributed by atoms with Crippen LogP contribution in [0.4, 0.5) is 5.00 Å². The van der Waals surface area contributed by atoms with Gasteiger partial charge >= 0.3 is 0 Å². The first kappa shape index (κ1) is 21.5. The molecule has 0 saturated carbocycles. The summed E-state index contributed by atoms with van der Waals surface area (Å²) in [6.45, 7) is 1.24. The van der Waals surface area contributed by atoms with Gasteiger partial charge in [-0.3, -0.25) is 4.79 Å². The Morgan fingerprint density at radius 2 is 1.97 bits per heavy atom. The second-order valence-electron chi connectivity index (χ2n) is 7.14. The van der Waals surface area contributed by atoms with Crippen molar-refractivity contribution in [3.63, 3.8) is 0 Å². The summed E-state index contributed by atoms with van der Waals surface area (Å²) in [4.78, 5) is 14.1. The number of benzene rings is 1. The summed E-state index contributed by atoms with van der Waals surface area (Å²) in [5.74, 6) is -0.434. The molecule has 2 heterocycles. The zero-order valence-corrected chi connectivity index (χ0v) is 19.3. The van der Waals surface area contributed by atoms with Gasteiger partial charge in [-0.05, 0) is 65.4 Å². The van der Waals surface area contributed by atoms with Crippen molar-refractivity contribution in [2.45, 2.75) is 30.6 Å². The lowest BCUT2D eigenvalue weighted by Crippen LogP contribution is -2.40. The van der Waals surface area contributed by atoms with E-state index in [0.717, 1.165) is 36.1 Å². The first-order valence-electron chi connectivity index (χ1n) is 9.65. The number of hydrogen-bond donors (Lipinski definition) is 1. The average molecular weight is 510 g/mol. The van der Waals surface area contributed by atoms with Gasteiger partial charge in [0, 0.05) is 28.0 Å². The average Bonchev–Trinajstić information content (AvgIpc) is 3.11. The number of sulfonamides is 1. The van der Waals surface area contributed by atoms with E-state index in [2.05, 4.69) is 27.3 Å². The zero-order chi connectivity index (χ0) is 21.3. The van der Waals surface area contributed by atoms with Crippen molar-refractivity contribution in [3.8, 4) is 6.07 Å². The molecule has 4 rings (SSSR count). The number of morpholine rings is 1. The van der Waals surface area contributed by atoms with Gasteiger partial charge in [0.25, 0.3) is 5.91 Å². The van der Waals surface area contributed by atoms with Crippen LogP contribution in [0.2, 0.25) is 0 Å². The number of thiophene rings is 1. The fraction of sp³-hybridized carbons (Fsp3) is 0.400. The number of carbonyl (C=O) groups is 1. The normalized spacial score (nSPS) is 17.2. The van der Waals surface area contributed by atoms with Crippen molar-refractivity contribution in [1.29, 1.82) is 5.26 Å². The molecule has 1 amide bonds. The lowest BCUT2D eigenvalue weighted by Gasteiger charge is -2.26. The molecule has 0 atom stereocenters. The van der Waals surface area contributed by atoms with Crippen molar-refractivity contribution in [3.05, 3.63) is 44.2 Å². The molecule has 1 fully saturated rings. The van der Waals surface area contributed by atoms with Crippen LogP contribution in [0.3, 0.4) is 0 Å². The van der Waals surface area contributed by atoms with E-state index in [-0.39, 0.29) is 23.5 Å². The van der Waals surface area contributed by atoms with Crippen LogP contribution in [0, 0.1) is 11.3 Å². The number of rotatable bonds is 4. The van der Waals surface area contributed by atoms with E-state index in [1.54, 1.807) is 12.1 Å². The molecule has 1 aromatic heterocycles. The standard InChI is InChI=1S/C20H20BrN3O4S2/c21-16-6-5-13(11-18(16)30(26,27)24-7-9-28-10-8-24)19(25)23-20-15(12-22)14-3-1-2-4-17(14)29-20/h5-6,11H,1-4,7-10H2,(H,23,25). The molecule has 0 bridgehead atoms. The predicted molar refractivity (Wildman–Crippen MR) is 117 cm³/mol. The number of aryl methyl sites for hydroxylation is 1. The molecular formula is C20H20BrN3O4S2. The number of nitriles is 1. The zero-order valence-electron chi connectivity index (χ0n) is 16.1. The van der Waals surface area contributed by atoms with Crippen LogP contribution in [0.25, 0.3) is 0 Å². The number of anilines is 1. The van der Waals surface area contributed by atoms with Gasteiger partial charge in [0.05, 0.1) is 23.7 Å². The Labute approximate surface area is 187 Å². The summed E-state index contributed by atoms with van der Waals surface area (Å²) in [5, 5.41) is 12.9. The minimum Gasteiger partial charge on any atom is -0.379 e. The minimum absolute atomic E-state index is 0.0445. The lowest BCUT2D eigenvalue weighted by molar-refractivity contribution is 0.0730. The van der Waals surface area contributed by atoms with Crippen molar-refractivity contribution < 1.29 is 17.9 Å². The molecule has 10 heteroatoms. The Hall–Kier alpha value is -1.77. The summed E-state index contributed by atoms with van der Waals surface area (Å²) in [6, 6.07) is 6.73. The van der Waals surface area contributed by atoms with E-state index < -0.39 is 15.9 Å². The van der Waals surface area contributed by atoms with E-state index in [1.165, 1.54) is 21.7 Å². The van der Waals surface area contributed by atoms with Crippen LogP contribution in [-0.2, 0) is 27.6 Å². The van der Waals surface area contributed by atoms with Gasteiger partial charge in [0.2, 0.25) is 10.0 Å². The number of carbonyl (C=O) groups excluding carboxylic acids is 1. The van der Waals surface area contributed by atoms with Crippen molar-refractivity contribution >= 4 is 48.2 Å². The molecule has 1 saturated heterocycles. The van der Waals surface area contributed by atoms with Gasteiger partial charge in [0.1, 0.15) is 11.1 Å². The van der Waals surface area contributed by atoms with Crippen LogP contribution in [0.15, 0.2) is 27.6 Å². The lowest BCUT2D eigenvalue weighted by atomic mass is 9.96. The summed E-state index contributed by atoms with van der Waals surface area (Å²) < 4.78 is 33.1. The van der Waals surface area contributed by atoms with Gasteiger partial charge in [-0.15, -0.1) is 11.3 Å². The third-order valence-electron chi connectivity index (χ3n) is 5.29. The summed E-state index contributed by atoms with van der Waals surface area (Å²) in [6.07, 6.45) is 3.90. The highest BCUT2D eigenvalue weighted by atomic mass is 79.9. The van der Waals surface area contributed by atoms with Crippen molar-refractivity contribution in [2.24, 2.45) is 0 Å². The maximum atomic E-state index is 13.0. The molecule has 0 unspecified atom stereocenters. The first-order chi connectivity index (χ1) is 14.4. The van der Waals surface area contributed by atoms with Crippen molar-refractivity contribution in [1.82, 2.24) is 4.31 Å². The molecule has 2 aromatic rings. The van der Waals surface area contributed by atoms with E-state index in [0.29, 0.717) is 28.3 Å². The summed E-state index contributed by atoms with van der Waals surface area (Å²) in [7, 11) is -3.76. The maximum absolute atomic E-state index is 13.0. The van der Waals surface area contributed by atoms with Crippen LogP contribution in [0.1, 0.15) is 39.2 Å². The van der Waals surface area contributed by atoms with Gasteiger partial charge < -0.3 is 10.1 Å². The molecule has 158 valence electrons. The molecule has 1 aliphatic carbocycles.